The second kappa shape index (κ2) is 7.93. The van der Waals surface area contributed by atoms with E-state index in [0.29, 0.717) is 18.3 Å². The molecule has 0 fully saturated rings. The Labute approximate surface area is 128 Å². The molecule has 0 aromatic carbocycles. The van der Waals surface area contributed by atoms with E-state index in [1.165, 1.54) is 20.2 Å². The summed E-state index contributed by atoms with van der Waals surface area (Å²) < 4.78 is 30.3. The third-order valence-corrected chi connectivity index (χ3v) is 5.35. The van der Waals surface area contributed by atoms with E-state index < -0.39 is 10.0 Å². The zero-order chi connectivity index (χ0) is 16.0. The van der Waals surface area contributed by atoms with Crippen LogP contribution in [0.3, 0.4) is 0 Å². The fourth-order valence-electron chi connectivity index (χ4n) is 1.77. The van der Waals surface area contributed by atoms with Gasteiger partial charge in [-0.15, -0.1) is 0 Å². The molecule has 0 spiro atoms. The topological polar surface area (TPSA) is 65.8 Å². The van der Waals surface area contributed by atoms with Crippen LogP contribution in [-0.4, -0.2) is 57.9 Å². The minimum Gasteiger partial charge on any atom is -0.447 e. The second-order valence-corrected chi connectivity index (χ2v) is 7.51. The number of furan rings is 1. The van der Waals surface area contributed by atoms with E-state index in [-0.39, 0.29) is 5.09 Å². The van der Waals surface area contributed by atoms with Gasteiger partial charge in [-0.3, -0.25) is 0 Å². The van der Waals surface area contributed by atoms with Gasteiger partial charge in [-0.05, 0) is 32.5 Å². The molecule has 7 heteroatoms. The minimum absolute atomic E-state index is 0.0129. The fraction of sp³-hybridized carbons (Fsp3) is 0.714. The van der Waals surface area contributed by atoms with Crippen molar-refractivity contribution in [1.29, 1.82) is 0 Å². The zero-order valence-electron chi connectivity index (χ0n) is 13.6. The molecule has 1 N–H and O–H groups in total. The molecule has 1 unspecified atom stereocenters. The van der Waals surface area contributed by atoms with Crippen molar-refractivity contribution in [1.82, 2.24) is 14.5 Å². The van der Waals surface area contributed by atoms with E-state index in [1.807, 2.05) is 0 Å². The van der Waals surface area contributed by atoms with Crippen molar-refractivity contribution >= 4 is 10.0 Å². The highest BCUT2D eigenvalue weighted by molar-refractivity contribution is 7.88. The summed E-state index contributed by atoms with van der Waals surface area (Å²) in [6, 6.07) is 3.76. The quantitative estimate of drug-likeness (QED) is 0.697. The highest BCUT2D eigenvalue weighted by Gasteiger charge is 2.21. The van der Waals surface area contributed by atoms with E-state index in [9.17, 15) is 8.42 Å². The van der Waals surface area contributed by atoms with Gasteiger partial charge in [0.1, 0.15) is 5.76 Å². The Morgan fingerprint density at radius 3 is 2.52 bits per heavy atom. The van der Waals surface area contributed by atoms with Crippen molar-refractivity contribution in [2.45, 2.75) is 37.9 Å². The molecular formula is C14H27N3O3S. The normalized spacial score (nSPS) is 14.0. The smallest absolute Gasteiger partial charge is 0.275 e. The molecule has 1 aromatic rings. The van der Waals surface area contributed by atoms with Gasteiger partial charge in [0.25, 0.3) is 10.0 Å². The summed E-state index contributed by atoms with van der Waals surface area (Å²) in [5.74, 6) is 0.626. The first kappa shape index (κ1) is 18.2. The maximum Gasteiger partial charge on any atom is 0.275 e. The van der Waals surface area contributed by atoms with Gasteiger partial charge in [0, 0.05) is 33.2 Å². The van der Waals surface area contributed by atoms with Crippen molar-refractivity contribution in [3.63, 3.8) is 0 Å². The summed E-state index contributed by atoms with van der Waals surface area (Å²) >= 11 is 0. The van der Waals surface area contributed by atoms with Gasteiger partial charge in [-0.1, -0.05) is 6.92 Å². The standard InChI is InChI=1S/C14H27N3O3S/c1-6-12(2)17(5)10-9-15-11-13-7-8-14(20-13)21(18,19)16(3)4/h7-8,12,15H,6,9-11H2,1-5H3. The van der Waals surface area contributed by atoms with Crippen LogP contribution < -0.4 is 5.32 Å². The Hall–Kier alpha value is -0.890. The molecule has 6 nitrogen and oxygen atoms in total. The van der Waals surface area contributed by atoms with Crippen LogP contribution in [0.15, 0.2) is 21.6 Å². The summed E-state index contributed by atoms with van der Waals surface area (Å²) in [4.78, 5) is 2.29. The predicted molar refractivity (Wildman–Crippen MR) is 83.7 cm³/mol. The van der Waals surface area contributed by atoms with Gasteiger partial charge >= 0.3 is 0 Å². The molecule has 0 radical (unpaired) electrons. The molecule has 1 heterocycles. The fourth-order valence-corrected chi connectivity index (χ4v) is 2.58. The lowest BCUT2D eigenvalue weighted by atomic mass is 10.2. The predicted octanol–water partition coefficient (Wildman–Crippen LogP) is 1.35. The lowest BCUT2D eigenvalue weighted by Gasteiger charge is -2.23. The van der Waals surface area contributed by atoms with Gasteiger partial charge in [-0.2, -0.15) is 0 Å². The van der Waals surface area contributed by atoms with Crippen LogP contribution in [0, 0.1) is 0 Å². The maximum absolute atomic E-state index is 11.9. The lowest BCUT2D eigenvalue weighted by Crippen LogP contribution is -2.34. The van der Waals surface area contributed by atoms with E-state index in [0.717, 1.165) is 23.8 Å². The number of hydrogen-bond acceptors (Lipinski definition) is 5. The number of likely N-dealkylation sites (N-methyl/N-ethyl adjacent to an activating group) is 1. The number of hydrogen-bond donors (Lipinski definition) is 1. The highest BCUT2D eigenvalue weighted by atomic mass is 32.2. The number of rotatable bonds is 9. The Bertz CT molecular complexity index is 525. The van der Waals surface area contributed by atoms with Crippen molar-refractivity contribution in [2.24, 2.45) is 0 Å². The number of sulfonamides is 1. The molecule has 1 aromatic heterocycles. The Morgan fingerprint density at radius 2 is 1.95 bits per heavy atom. The van der Waals surface area contributed by atoms with E-state index >= 15 is 0 Å². The average molecular weight is 317 g/mol. The number of nitrogens with zero attached hydrogens (tertiary/aromatic N) is 2. The molecule has 0 amide bonds. The van der Waals surface area contributed by atoms with Crippen molar-refractivity contribution in [3.8, 4) is 0 Å². The van der Waals surface area contributed by atoms with E-state index in [1.54, 1.807) is 6.07 Å². The molecule has 0 saturated carbocycles. The van der Waals surface area contributed by atoms with Crippen LogP contribution in [0.2, 0.25) is 0 Å². The van der Waals surface area contributed by atoms with Crippen molar-refractivity contribution < 1.29 is 12.8 Å². The Morgan fingerprint density at radius 1 is 1.29 bits per heavy atom. The first-order valence-corrected chi connectivity index (χ1v) is 8.65. The summed E-state index contributed by atoms with van der Waals surface area (Å²) in [7, 11) is 1.59. The Kier molecular flexibility index (Phi) is 6.86. The third-order valence-electron chi connectivity index (χ3n) is 3.66. The van der Waals surface area contributed by atoms with Gasteiger partial charge in [0.15, 0.2) is 0 Å². The highest BCUT2D eigenvalue weighted by Crippen LogP contribution is 2.16. The van der Waals surface area contributed by atoms with Crippen molar-refractivity contribution in [3.05, 3.63) is 17.9 Å². The molecule has 0 aliphatic rings. The first-order chi connectivity index (χ1) is 9.78. The molecule has 1 rings (SSSR count). The summed E-state index contributed by atoms with van der Waals surface area (Å²) in [6.45, 7) is 6.67. The van der Waals surface area contributed by atoms with Crippen LogP contribution in [0.5, 0.6) is 0 Å². The molecule has 0 bridgehead atoms. The molecular weight excluding hydrogens is 290 g/mol. The first-order valence-electron chi connectivity index (χ1n) is 7.21. The summed E-state index contributed by atoms with van der Waals surface area (Å²) in [5.41, 5.74) is 0. The average Bonchev–Trinajstić information content (AvgIpc) is 2.91. The minimum atomic E-state index is -3.48. The maximum atomic E-state index is 11.9. The largest absolute Gasteiger partial charge is 0.447 e. The van der Waals surface area contributed by atoms with Gasteiger partial charge < -0.3 is 14.6 Å². The Balaban J connectivity index is 2.43. The molecule has 0 aliphatic heterocycles. The van der Waals surface area contributed by atoms with Crippen LogP contribution in [0.25, 0.3) is 0 Å². The number of nitrogens with one attached hydrogen (secondary N) is 1. The van der Waals surface area contributed by atoms with Gasteiger partial charge in [0.2, 0.25) is 5.09 Å². The SMILES string of the molecule is CCC(C)N(C)CCNCc1ccc(S(=O)(=O)N(C)C)o1. The molecule has 0 aliphatic carbocycles. The lowest BCUT2D eigenvalue weighted by molar-refractivity contribution is 0.250. The van der Waals surface area contributed by atoms with Gasteiger partial charge in [0.05, 0.1) is 6.54 Å². The summed E-state index contributed by atoms with van der Waals surface area (Å²) in [5, 5.41) is 3.25. The second-order valence-electron chi connectivity index (χ2n) is 5.42. The van der Waals surface area contributed by atoms with Gasteiger partial charge in [-0.25, -0.2) is 12.7 Å². The molecule has 0 saturated heterocycles. The summed E-state index contributed by atoms with van der Waals surface area (Å²) in [6.07, 6.45) is 1.13. The zero-order valence-corrected chi connectivity index (χ0v) is 14.4. The van der Waals surface area contributed by atoms with Crippen LogP contribution in [-0.2, 0) is 16.6 Å². The van der Waals surface area contributed by atoms with E-state index in [4.69, 9.17) is 4.42 Å². The molecule has 1 atom stereocenters. The van der Waals surface area contributed by atoms with Crippen LogP contribution >= 0.6 is 0 Å². The van der Waals surface area contributed by atoms with Crippen LogP contribution in [0.1, 0.15) is 26.0 Å². The monoisotopic (exact) mass is 317 g/mol. The molecule has 21 heavy (non-hydrogen) atoms. The van der Waals surface area contributed by atoms with Crippen LogP contribution in [0.4, 0.5) is 0 Å². The van der Waals surface area contributed by atoms with Crippen molar-refractivity contribution in [2.75, 3.05) is 34.2 Å². The molecule has 122 valence electrons. The third kappa shape index (κ3) is 5.10. The van der Waals surface area contributed by atoms with E-state index in [2.05, 4.69) is 31.1 Å².